The molecule has 2 aromatic carbocycles. The Morgan fingerprint density at radius 2 is 1.74 bits per heavy atom. The van der Waals surface area contributed by atoms with Crippen LogP contribution in [0.5, 0.6) is 5.75 Å². The molecule has 4 rings (SSSR count). The largest absolute Gasteiger partial charge is 0.479 e. The van der Waals surface area contributed by atoms with Gasteiger partial charge in [-0.05, 0) is 68.0 Å². The molecule has 1 saturated heterocycles. The lowest BCUT2D eigenvalue weighted by atomic mass is 10.1. The highest BCUT2D eigenvalue weighted by Crippen LogP contribution is 2.26. The van der Waals surface area contributed by atoms with Crippen molar-refractivity contribution in [2.24, 2.45) is 0 Å². The van der Waals surface area contributed by atoms with Crippen molar-refractivity contribution < 1.29 is 14.3 Å². The fourth-order valence-corrected chi connectivity index (χ4v) is 3.61. The summed E-state index contributed by atoms with van der Waals surface area (Å²) in [5, 5.41) is 9.89. The number of carbonyl (C=O) groups is 2. The topological polar surface area (TPSA) is 87.4 Å². The van der Waals surface area contributed by atoms with Crippen LogP contribution in [0.3, 0.4) is 0 Å². The number of hydrazine groups is 1. The lowest BCUT2D eigenvalue weighted by molar-refractivity contribution is -0.117. The number of nitriles is 1. The van der Waals surface area contributed by atoms with E-state index in [1.807, 2.05) is 48.7 Å². The SMILES string of the molecule is Cc1cc(C=C2C(=O)NN(c3ccccc3)C2=O)c(C)n1-c1ccc(OCC#N)cc1. The molecule has 3 aromatic rings. The van der Waals surface area contributed by atoms with Gasteiger partial charge < -0.3 is 9.30 Å². The molecule has 0 saturated carbocycles. The zero-order valence-electron chi connectivity index (χ0n) is 17.1. The van der Waals surface area contributed by atoms with E-state index in [0.717, 1.165) is 22.6 Å². The number of amides is 2. The number of nitrogens with zero attached hydrogens (tertiary/aromatic N) is 3. The standard InChI is InChI=1S/C24H20N4O3/c1-16-14-18(17(2)27(16)19-8-10-21(11-9-19)31-13-12-25)15-22-23(29)26-28(24(22)30)20-6-4-3-5-7-20/h3-11,14-15H,13H2,1-2H3,(H,26,29). The number of hydrogen-bond acceptors (Lipinski definition) is 4. The first-order valence-electron chi connectivity index (χ1n) is 9.71. The summed E-state index contributed by atoms with van der Waals surface area (Å²) in [5.74, 6) is -0.207. The van der Waals surface area contributed by atoms with Gasteiger partial charge in [-0.2, -0.15) is 5.26 Å². The quantitative estimate of drug-likeness (QED) is 0.514. The second-order valence-electron chi connectivity index (χ2n) is 7.08. The molecule has 1 aromatic heterocycles. The van der Waals surface area contributed by atoms with Crippen molar-refractivity contribution in [1.82, 2.24) is 9.99 Å². The third-order valence-corrected chi connectivity index (χ3v) is 5.07. The molecule has 2 amide bonds. The van der Waals surface area contributed by atoms with Gasteiger partial charge in [-0.3, -0.25) is 15.0 Å². The Bertz CT molecular complexity index is 1220. The third-order valence-electron chi connectivity index (χ3n) is 5.07. The number of ether oxygens (including phenoxy) is 1. The van der Waals surface area contributed by atoms with Crippen molar-refractivity contribution >= 4 is 23.6 Å². The average molecular weight is 412 g/mol. The van der Waals surface area contributed by atoms with Crippen LogP contribution in [-0.2, 0) is 9.59 Å². The number of aryl methyl sites for hydroxylation is 1. The molecule has 0 atom stereocenters. The second-order valence-corrected chi connectivity index (χ2v) is 7.08. The summed E-state index contributed by atoms with van der Waals surface area (Å²) in [6, 6.07) is 20.3. The van der Waals surface area contributed by atoms with Crippen molar-refractivity contribution in [3.63, 3.8) is 0 Å². The van der Waals surface area contributed by atoms with E-state index in [0.29, 0.717) is 11.4 Å². The first kappa shape index (κ1) is 20.0. The molecular weight excluding hydrogens is 392 g/mol. The molecule has 1 N–H and O–H groups in total. The summed E-state index contributed by atoms with van der Waals surface area (Å²) in [5.41, 5.74) is 6.87. The zero-order chi connectivity index (χ0) is 22.0. The van der Waals surface area contributed by atoms with Gasteiger partial charge in [0, 0.05) is 17.1 Å². The molecule has 154 valence electrons. The van der Waals surface area contributed by atoms with Crippen LogP contribution in [-0.4, -0.2) is 23.0 Å². The lowest BCUT2D eigenvalue weighted by Crippen LogP contribution is -2.35. The summed E-state index contributed by atoms with van der Waals surface area (Å²) >= 11 is 0. The van der Waals surface area contributed by atoms with Crippen LogP contribution in [0.15, 0.2) is 66.2 Å². The fraction of sp³-hybridized carbons (Fsp3) is 0.125. The van der Waals surface area contributed by atoms with Gasteiger partial charge in [0.05, 0.1) is 5.69 Å². The number of para-hydroxylation sites is 1. The van der Waals surface area contributed by atoms with Crippen molar-refractivity contribution in [2.45, 2.75) is 13.8 Å². The highest BCUT2D eigenvalue weighted by atomic mass is 16.5. The average Bonchev–Trinajstić information content (AvgIpc) is 3.23. The van der Waals surface area contributed by atoms with Gasteiger partial charge in [-0.15, -0.1) is 0 Å². The van der Waals surface area contributed by atoms with E-state index >= 15 is 0 Å². The maximum absolute atomic E-state index is 12.8. The van der Waals surface area contributed by atoms with Crippen LogP contribution in [0.1, 0.15) is 17.0 Å². The molecule has 2 heterocycles. The number of hydrogen-bond donors (Lipinski definition) is 1. The summed E-state index contributed by atoms with van der Waals surface area (Å²) in [4.78, 5) is 25.3. The van der Waals surface area contributed by atoms with Gasteiger partial charge in [-0.25, -0.2) is 5.01 Å². The molecule has 1 fully saturated rings. The molecular formula is C24H20N4O3. The first-order chi connectivity index (χ1) is 15.0. The number of rotatable bonds is 5. The fourth-order valence-electron chi connectivity index (χ4n) is 3.61. The first-order valence-corrected chi connectivity index (χ1v) is 9.71. The van der Waals surface area contributed by atoms with Crippen molar-refractivity contribution in [3.8, 4) is 17.5 Å². The Morgan fingerprint density at radius 3 is 2.42 bits per heavy atom. The Morgan fingerprint density at radius 1 is 1.03 bits per heavy atom. The van der Waals surface area contributed by atoms with Gasteiger partial charge in [-0.1, -0.05) is 18.2 Å². The number of aromatic nitrogens is 1. The number of anilines is 1. The lowest BCUT2D eigenvalue weighted by Gasteiger charge is -2.13. The predicted octanol–water partition coefficient (Wildman–Crippen LogP) is 3.46. The second kappa shape index (κ2) is 8.20. The van der Waals surface area contributed by atoms with Crippen LogP contribution in [0.25, 0.3) is 11.8 Å². The van der Waals surface area contributed by atoms with Crippen molar-refractivity contribution in [3.05, 3.63) is 83.2 Å². The number of nitrogens with one attached hydrogen (secondary N) is 1. The smallest absolute Gasteiger partial charge is 0.282 e. The Kier molecular flexibility index (Phi) is 5.29. The van der Waals surface area contributed by atoms with Gasteiger partial charge in [0.2, 0.25) is 0 Å². The molecule has 31 heavy (non-hydrogen) atoms. The summed E-state index contributed by atoms with van der Waals surface area (Å²) < 4.78 is 7.34. The van der Waals surface area contributed by atoms with Crippen LogP contribution < -0.4 is 15.2 Å². The molecule has 7 nitrogen and oxygen atoms in total. The summed E-state index contributed by atoms with van der Waals surface area (Å²) in [6.45, 7) is 3.89. The Labute approximate surface area is 179 Å². The van der Waals surface area contributed by atoms with Gasteiger partial charge in [0.25, 0.3) is 11.8 Å². The Hall–Kier alpha value is -4.31. The molecule has 0 bridgehead atoms. The van der Waals surface area contributed by atoms with E-state index in [9.17, 15) is 9.59 Å². The highest BCUT2D eigenvalue weighted by Gasteiger charge is 2.34. The van der Waals surface area contributed by atoms with Crippen molar-refractivity contribution in [1.29, 1.82) is 5.26 Å². The van der Waals surface area contributed by atoms with E-state index in [-0.39, 0.29) is 18.1 Å². The molecule has 7 heteroatoms. The maximum atomic E-state index is 12.8. The maximum Gasteiger partial charge on any atom is 0.282 e. The third kappa shape index (κ3) is 3.79. The van der Waals surface area contributed by atoms with E-state index in [1.54, 1.807) is 42.5 Å². The van der Waals surface area contributed by atoms with Crippen LogP contribution >= 0.6 is 0 Å². The van der Waals surface area contributed by atoms with Crippen LogP contribution in [0.2, 0.25) is 0 Å². The number of carbonyl (C=O) groups excluding carboxylic acids is 2. The molecule has 0 spiro atoms. The minimum Gasteiger partial charge on any atom is -0.479 e. The van der Waals surface area contributed by atoms with Crippen LogP contribution in [0, 0.1) is 25.2 Å². The minimum absolute atomic E-state index is 0.00522. The zero-order valence-corrected chi connectivity index (χ0v) is 17.1. The molecule has 0 aliphatic carbocycles. The number of benzene rings is 2. The van der Waals surface area contributed by atoms with E-state index in [4.69, 9.17) is 10.00 Å². The van der Waals surface area contributed by atoms with Crippen LogP contribution in [0.4, 0.5) is 5.69 Å². The van der Waals surface area contributed by atoms with Gasteiger partial charge in [0.15, 0.2) is 6.61 Å². The molecule has 1 aliphatic heterocycles. The minimum atomic E-state index is -0.433. The molecule has 0 unspecified atom stereocenters. The summed E-state index contributed by atoms with van der Waals surface area (Å²) in [6.07, 6.45) is 1.63. The van der Waals surface area contributed by atoms with Gasteiger partial charge in [0.1, 0.15) is 17.4 Å². The molecule has 1 aliphatic rings. The highest BCUT2D eigenvalue weighted by molar-refractivity contribution is 6.31. The predicted molar refractivity (Wildman–Crippen MR) is 116 cm³/mol. The van der Waals surface area contributed by atoms with Gasteiger partial charge >= 0.3 is 0 Å². The summed E-state index contributed by atoms with van der Waals surface area (Å²) in [7, 11) is 0. The monoisotopic (exact) mass is 412 g/mol. The van der Waals surface area contributed by atoms with E-state index < -0.39 is 5.91 Å². The van der Waals surface area contributed by atoms with E-state index in [2.05, 4.69) is 5.43 Å². The Balaban J connectivity index is 1.64. The van der Waals surface area contributed by atoms with Crippen molar-refractivity contribution in [2.75, 3.05) is 11.6 Å². The molecule has 0 radical (unpaired) electrons. The normalized spacial score (nSPS) is 14.6. The van der Waals surface area contributed by atoms with E-state index in [1.165, 1.54) is 5.01 Å².